The van der Waals surface area contributed by atoms with Gasteiger partial charge >= 0.3 is 0 Å². The third-order valence-electron chi connectivity index (χ3n) is 3.37. The van der Waals surface area contributed by atoms with Gasteiger partial charge in [0.15, 0.2) is 0 Å². The van der Waals surface area contributed by atoms with Gasteiger partial charge in [0.25, 0.3) is 23.6 Å². The van der Waals surface area contributed by atoms with E-state index >= 15 is 0 Å². The first-order valence-corrected chi connectivity index (χ1v) is 6.39. The molecular weight excluding hydrogens is 260 g/mol. The van der Waals surface area contributed by atoms with E-state index in [-0.39, 0.29) is 28.2 Å². The Labute approximate surface area is 116 Å². The third-order valence-corrected chi connectivity index (χ3v) is 3.37. The number of amides is 4. The van der Waals surface area contributed by atoms with Crippen LogP contribution in [0.5, 0.6) is 0 Å². The first-order chi connectivity index (χ1) is 9.25. The molecule has 0 aromatic rings. The van der Waals surface area contributed by atoms with E-state index in [1.807, 2.05) is 13.8 Å². The number of rotatable bonds is 3. The molecule has 0 atom stereocenters. The van der Waals surface area contributed by atoms with Gasteiger partial charge in [-0.3, -0.25) is 29.4 Å². The highest BCUT2D eigenvalue weighted by atomic mass is 16.2. The molecule has 0 bridgehead atoms. The van der Waals surface area contributed by atoms with Crippen LogP contribution < -0.4 is 5.32 Å². The molecule has 2 aliphatic heterocycles. The molecule has 0 aromatic carbocycles. The van der Waals surface area contributed by atoms with Crippen molar-refractivity contribution >= 4 is 23.6 Å². The standard InChI is InChI=1S/C14H16N2O4/c1-6(2)5-16-13(19)8(4)10(14(16)20)9-7(3)11(17)15-12(9)18/h6H,5H2,1-4H3,(H,15,17,18). The molecule has 0 saturated heterocycles. The second-order valence-corrected chi connectivity index (χ2v) is 5.40. The topological polar surface area (TPSA) is 83.6 Å². The number of hydrogen-bond acceptors (Lipinski definition) is 4. The first kappa shape index (κ1) is 14.2. The largest absolute Gasteiger partial charge is 0.288 e. The van der Waals surface area contributed by atoms with E-state index in [2.05, 4.69) is 5.32 Å². The van der Waals surface area contributed by atoms with Crippen molar-refractivity contribution in [1.29, 1.82) is 0 Å². The van der Waals surface area contributed by atoms with E-state index in [0.717, 1.165) is 4.90 Å². The van der Waals surface area contributed by atoms with Gasteiger partial charge in [0, 0.05) is 17.7 Å². The molecule has 0 spiro atoms. The van der Waals surface area contributed by atoms with Crippen molar-refractivity contribution in [3.05, 3.63) is 22.3 Å². The van der Waals surface area contributed by atoms with E-state index in [4.69, 9.17) is 0 Å². The number of carbonyl (C=O) groups excluding carboxylic acids is 4. The normalized spacial score (nSPS) is 19.9. The van der Waals surface area contributed by atoms with E-state index in [1.165, 1.54) is 13.8 Å². The zero-order chi connectivity index (χ0) is 15.2. The van der Waals surface area contributed by atoms with Crippen LogP contribution in [0.25, 0.3) is 0 Å². The molecule has 4 amide bonds. The quantitative estimate of drug-likeness (QED) is 0.751. The molecule has 6 nitrogen and oxygen atoms in total. The molecule has 20 heavy (non-hydrogen) atoms. The van der Waals surface area contributed by atoms with Crippen LogP contribution in [0.15, 0.2) is 22.3 Å². The minimum absolute atomic E-state index is 0.0251. The van der Waals surface area contributed by atoms with Crippen molar-refractivity contribution in [1.82, 2.24) is 10.2 Å². The molecule has 2 rings (SSSR count). The Morgan fingerprint density at radius 3 is 1.95 bits per heavy atom. The summed E-state index contributed by atoms with van der Waals surface area (Å²) in [6.45, 7) is 7.06. The maximum Gasteiger partial charge on any atom is 0.262 e. The lowest BCUT2D eigenvalue weighted by molar-refractivity contribution is -0.138. The fourth-order valence-corrected chi connectivity index (χ4v) is 2.37. The summed E-state index contributed by atoms with van der Waals surface area (Å²) in [5, 5.41) is 2.14. The van der Waals surface area contributed by atoms with Crippen LogP contribution in [0.3, 0.4) is 0 Å². The van der Waals surface area contributed by atoms with Crippen LogP contribution in [0, 0.1) is 5.92 Å². The van der Waals surface area contributed by atoms with Crippen LogP contribution >= 0.6 is 0 Å². The van der Waals surface area contributed by atoms with Crippen molar-refractivity contribution in [2.75, 3.05) is 6.54 Å². The minimum Gasteiger partial charge on any atom is -0.288 e. The lowest BCUT2D eigenvalue weighted by Crippen LogP contribution is -2.35. The SMILES string of the molecule is CC1=C(C2=C(C)C(=O)N(CC(C)C)C2=O)C(=O)NC1=O. The summed E-state index contributed by atoms with van der Waals surface area (Å²) in [5.41, 5.74) is 0.473. The second-order valence-electron chi connectivity index (χ2n) is 5.40. The molecule has 0 unspecified atom stereocenters. The van der Waals surface area contributed by atoms with Crippen LogP contribution in [0.2, 0.25) is 0 Å². The molecule has 106 valence electrons. The first-order valence-electron chi connectivity index (χ1n) is 6.39. The summed E-state index contributed by atoms with van der Waals surface area (Å²) in [6, 6.07) is 0. The van der Waals surface area contributed by atoms with E-state index in [0.29, 0.717) is 6.54 Å². The molecule has 6 heteroatoms. The van der Waals surface area contributed by atoms with Crippen LogP contribution in [0.1, 0.15) is 27.7 Å². The molecule has 1 N–H and O–H groups in total. The summed E-state index contributed by atoms with van der Waals surface area (Å²) in [6.07, 6.45) is 0. The van der Waals surface area contributed by atoms with Gasteiger partial charge in [0.05, 0.1) is 11.1 Å². The monoisotopic (exact) mass is 276 g/mol. The number of carbonyl (C=O) groups is 4. The lowest BCUT2D eigenvalue weighted by atomic mass is 9.99. The molecule has 0 radical (unpaired) electrons. The average molecular weight is 276 g/mol. The van der Waals surface area contributed by atoms with Gasteiger partial charge in [-0.05, 0) is 19.8 Å². The van der Waals surface area contributed by atoms with E-state index in [9.17, 15) is 19.2 Å². The summed E-state index contributed by atoms with van der Waals surface area (Å²) < 4.78 is 0. The summed E-state index contributed by atoms with van der Waals surface area (Å²) in [4.78, 5) is 48.9. The van der Waals surface area contributed by atoms with Gasteiger partial charge in [-0.25, -0.2) is 0 Å². The van der Waals surface area contributed by atoms with Gasteiger partial charge in [-0.2, -0.15) is 0 Å². The summed E-state index contributed by atoms with van der Waals surface area (Å²) >= 11 is 0. The maximum atomic E-state index is 12.4. The number of nitrogens with zero attached hydrogens (tertiary/aromatic N) is 1. The number of imide groups is 2. The second kappa shape index (κ2) is 4.70. The third kappa shape index (κ3) is 1.97. The summed E-state index contributed by atoms with van der Waals surface area (Å²) in [7, 11) is 0. The highest BCUT2D eigenvalue weighted by molar-refractivity contribution is 6.30. The van der Waals surface area contributed by atoms with Crippen molar-refractivity contribution in [3.63, 3.8) is 0 Å². The molecule has 0 aliphatic carbocycles. The Kier molecular flexibility index (Phi) is 3.33. The van der Waals surface area contributed by atoms with E-state index in [1.54, 1.807) is 0 Å². The van der Waals surface area contributed by atoms with Crippen molar-refractivity contribution in [3.8, 4) is 0 Å². The smallest absolute Gasteiger partial charge is 0.262 e. The molecule has 2 heterocycles. The highest BCUT2D eigenvalue weighted by Crippen LogP contribution is 2.31. The van der Waals surface area contributed by atoms with Crippen molar-refractivity contribution in [2.45, 2.75) is 27.7 Å². The zero-order valence-corrected chi connectivity index (χ0v) is 11.9. The van der Waals surface area contributed by atoms with Gasteiger partial charge in [0.1, 0.15) is 0 Å². The Morgan fingerprint density at radius 2 is 1.50 bits per heavy atom. The highest BCUT2D eigenvalue weighted by Gasteiger charge is 2.42. The fourth-order valence-electron chi connectivity index (χ4n) is 2.37. The van der Waals surface area contributed by atoms with Crippen molar-refractivity contribution < 1.29 is 19.2 Å². The van der Waals surface area contributed by atoms with Gasteiger partial charge in [-0.1, -0.05) is 13.8 Å². The Hall–Kier alpha value is -2.24. The zero-order valence-electron chi connectivity index (χ0n) is 11.9. The average Bonchev–Trinajstić information content (AvgIpc) is 2.70. The minimum atomic E-state index is -0.616. The molecule has 2 aliphatic rings. The number of nitrogens with one attached hydrogen (secondary N) is 1. The molecule has 0 saturated carbocycles. The Bertz CT molecular complexity index is 611. The Balaban J connectivity index is 2.48. The van der Waals surface area contributed by atoms with Gasteiger partial charge in [0.2, 0.25) is 0 Å². The lowest BCUT2D eigenvalue weighted by Gasteiger charge is -2.17. The van der Waals surface area contributed by atoms with E-state index < -0.39 is 23.6 Å². The van der Waals surface area contributed by atoms with Crippen LogP contribution in [-0.2, 0) is 19.2 Å². The fraction of sp³-hybridized carbons (Fsp3) is 0.429. The predicted molar refractivity (Wildman–Crippen MR) is 70.1 cm³/mol. The summed E-state index contributed by atoms with van der Waals surface area (Å²) in [5.74, 6) is -1.90. The molecule has 0 aromatic heterocycles. The van der Waals surface area contributed by atoms with Crippen LogP contribution in [0.4, 0.5) is 0 Å². The molecular formula is C14H16N2O4. The Morgan fingerprint density at radius 1 is 0.900 bits per heavy atom. The maximum absolute atomic E-state index is 12.4. The molecule has 0 fully saturated rings. The predicted octanol–water partition coefficient (Wildman–Crippen LogP) is 0.301. The van der Waals surface area contributed by atoms with Gasteiger partial charge in [-0.15, -0.1) is 0 Å². The van der Waals surface area contributed by atoms with Gasteiger partial charge < -0.3 is 0 Å². The van der Waals surface area contributed by atoms with Crippen LogP contribution in [-0.4, -0.2) is 35.1 Å². The van der Waals surface area contributed by atoms with Crippen molar-refractivity contribution in [2.24, 2.45) is 5.92 Å². The number of hydrogen-bond donors (Lipinski definition) is 1.